The SMILES string of the molecule is C[C@@H]1CCc2c(sc3ncnc(N[C@@H](Cc4ccccc4)C(=O)NCCC(N)=O)c23)C1. The van der Waals surface area contributed by atoms with Crippen LogP contribution in [0.5, 0.6) is 0 Å². The van der Waals surface area contributed by atoms with E-state index in [4.69, 9.17) is 5.73 Å². The van der Waals surface area contributed by atoms with Gasteiger partial charge in [0.25, 0.3) is 0 Å². The molecule has 2 atom stereocenters. The fraction of sp³-hybridized carbons (Fsp3) is 0.391. The Balaban J connectivity index is 1.62. The number of carbonyl (C=O) groups is 2. The number of nitrogens with two attached hydrogens (primary N) is 1. The standard InChI is InChI=1S/C23H27N5O2S/c1-14-7-8-16-18(11-14)31-23-20(16)21(26-13-27-23)28-17(12-15-5-3-2-4-6-15)22(30)25-10-9-19(24)29/h2-6,13-14,17H,7-12H2,1H3,(H2,24,29)(H,25,30)(H,26,27,28)/t14-,17+/m1/s1. The van der Waals surface area contributed by atoms with Crippen molar-refractivity contribution >= 4 is 39.2 Å². The van der Waals surface area contributed by atoms with E-state index < -0.39 is 11.9 Å². The second-order valence-electron chi connectivity index (χ2n) is 8.15. The Morgan fingerprint density at radius 2 is 2.06 bits per heavy atom. The molecular weight excluding hydrogens is 410 g/mol. The summed E-state index contributed by atoms with van der Waals surface area (Å²) >= 11 is 1.73. The molecule has 2 amide bonds. The second-order valence-corrected chi connectivity index (χ2v) is 9.23. The third kappa shape index (κ3) is 5.02. The van der Waals surface area contributed by atoms with Crippen LogP contribution in [0.3, 0.4) is 0 Å². The molecule has 8 heteroatoms. The minimum atomic E-state index is -0.536. The molecule has 4 rings (SSSR count). The fourth-order valence-electron chi connectivity index (χ4n) is 4.04. The first-order valence-corrected chi connectivity index (χ1v) is 11.4. The van der Waals surface area contributed by atoms with E-state index in [1.54, 1.807) is 17.7 Å². The summed E-state index contributed by atoms with van der Waals surface area (Å²) in [4.78, 5) is 35.4. The van der Waals surface area contributed by atoms with Gasteiger partial charge in [-0.1, -0.05) is 37.3 Å². The van der Waals surface area contributed by atoms with E-state index in [1.807, 2.05) is 30.3 Å². The number of carbonyl (C=O) groups excluding carboxylic acids is 2. The lowest BCUT2D eigenvalue weighted by Crippen LogP contribution is -2.42. The van der Waals surface area contributed by atoms with E-state index in [0.29, 0.717) is 18.2 Å². The first-order chi connectivity index (χ1) is 15.0. The highest BCUT2D eigenvalue weighted by molar-refractivity contribution is 7.19. The lowest BCUT2D eigenvalue weighted by molar-refractivity contribution is -0.122. The molecule has 0 saturated carbocycles. The third-order valence-corrected chi connectivity index (χ3v) is 6.83. The predicted molar refractivity (Wildman–Crippen MR) is 123 cm³/mol. The molecule has 31 heavy (non-hydrogen) atoms. The lowest BCUT2D eigenvalue weighted by atomic mass is 9.89. The molecule has 162 valence electrons. The van der Waals surface area contributed by atoms with E-state index >= 15 is 0 Å². The topological polar surface area (TPSA) is 110 Å². The van der Waals surface area contributed by atoms with Crippen molar-refractivity contribution in [2.24, 2.45) is 11.7 Å². The number of hydrogen-bond acceptors (Lipinski definition) is 6. The van der Waals surface area contributed by atoms with Gasteiger partial charge in [0.1, 0.15) is 23.0 Å². The maximum absolute atomic E-state index is 13.0. The van der Waals surface area contributed by atoms with Crippen LogP contribution in [0, 0.1) is 5.92 Å². The molecule has 0 spiro atoms. The van der Waals surface area contributed by atoms with E-state index in [2.05, 4.69) is 27.5 Å². The maximum atomic E-state index is 13.0. The minimum absolute atomic E-state index is 0.109. The summed E-state index contributed by atoms with van der Waals surface area (Å²) in [6, 6.07) is 9.31. The highest BCUT2D eigenvalue weighted by atomic mass is 32.1. The van der Waals surface area contributed by atoms with Crippen molar-refractivity contribution in [2.75, 3.05) is 11.9 Å². The van der Waals surface area contributed by atoms with Gasteiger partial charge >= 0.3 is 0 Å². The zero-order chi connectivity index (χ0) is 21.8. The number of hydrogen-bond donors (Lipinski definition) is 3. The van der Waals surface area contributed by atoms with Gasteiger partial charge in [-0.3, -0.25) is 9.59 Å². The quantitative estimate of drug-likeness (QED) is 0.502. The van der Waals surface area contributed by atoms with Crippen LogP contribution in [0.2, 0.25) is 0 Å². The molecule has 0 aliphatic heterocycles. The van der Waals surface area contributed by atoms with Crippen LogP contribution in [-0.4, -0.2) is 34.4 Å². The largest absolute Gasteiger partial charge is 0.370 e. The molecule has 3 aromatic rings. The number of nitrogens with zero attached hydrogens (tertiary/aromatic N) is 2. The van der Waals surface area contributed by atoms with Gasteiger partial charge in [-0.15, -0.1) is 11.3 Å². The molecule has 1 aliphatic rings. The van der Waals surface area contributed by atoms with Crippen molar-refractivity contribution in [1.29, 1.82) is 0 Å². The molecule has 0 saturated heterocycles. The highest BCUT2D eigenvalue weighted by Crippen LogP contribution is 2.39. The zero-order valence-electron chi connectivity index (χ0n) is 17.6. The second kappa shape index (κ2) is 9.43. The molecule has 4 N–H and O–H groups in total. The van der Waals surface area contributed by atoms with Crippen LogP contribution in [0.4, 0.5) is 5.82 Å². The average Bonchev–Trinajstić information content (AvgIpc) is 3.12. The molecular formula is C23H27N5O2S. The number of aryl methyl sites for hydroxylation is 1. The van der Waals surface area contributed by atoms with Gasteiger partial charge in [0.15, 0.2) is 0 Å². The average molecular weight is 438 g/mol. The number of anilines is 1. The van der Waals surface area contributed by atoms with Crippen molar-refractivity contribution in [3.63, 3.8) is 0 Å². The summed E-state index contributed by atoms with van der Waals surface area (Å²) in [5.41, 5.74) is 7.56. The summed E-state index contributed by atoms with van der Waals surface area (Å²) in [7, 11) is 0. The predicted octanol–water partition coefficient (Wildman–Crippen LogP) is 2.83. The molecule has 2 aromatic heterocycles. The Morgan fingerprint density at radius 1 is 1.26 bits per heavy atom. The van der Waals surface area contributed by atoms with E-state index in [9.17, 15) is 9.59 Å². The van der Waals surface area contributed by atoms with Gasteiger partial charge in [-0.2, -0.15) is 0 Å². The Morgan fingerprint density at radius 3 is 2.84 bits per heavy atom. The first-order valence-electron chi connectivity index (χ1n) is 10.6. The van der Waals surface area contributed by atoms with Gasteiger partial charge in [-0.25, -0.2) is 9.97 Å². The van der Waals surface area contributed by atoms with Crippen molar-refractivity contribution in [3.8, 4) is 0 Å². The number of primary amides is 1. The summed E-state index contributed by atoms with van der Waals surface area (Å²) < 4.78 is 0. The minimum Gasteiger partial charge on any atom is -0.370 e. The van der Waals surface area contributed by atoms with Crippen LogP contribution in [0.1, 0.15) is 35.8 Å². The Bertz CT molecular complexity index is 1080. The Labute approximate surface area is 185 Å². The van der Waals surface area contributed by atoms with Gasteiger partial charge in [0.05, 0.1) is 5.39 Å². The van der Waals surface area contributed by atoms with E-state index in [-0.39, 0.29) is 18.9 Å². The van der Waals surface area contributed by atoms with Crippen molar-refractivity contribution in [2.45, 2.75) is 45.1 Å². The molecule has 2 heterocycles. The molecule has 0 radical (unpaired) electrons. The number of benzene rings is 1. The Hall–Kier alpha value is -3.00. The first kappa shape index (κ1) is 21.2. The Kier molecular flexibility index (Phi) is 6.46. The lowest BCUT2D eigenvalue weighted by Gasteiger charge is -2.21. The van der Waals surface area contributed by atoms with Gasteiger partial charge in [0.2, 0.25) is 11.8 Å². The molecule has 1 aromatic carbocycles. The van der Waals surface area contributed by atoms with Crippen molar-refractivity contribution in [3.05, 3.63) is 52.7 Å². The molecule has 0 unspecified atom stereocenters. The van der Waals surface area contributed by atoms with E-state index in [0.717, 1.165) is 35.0 Å². The monoisotopic (exact) mass is 437 g/mol. The summed E-state index contributed by atoms with van der Waals surface area (Å²) in [5.74, 6) is 0.744. The van der Waals surface area contributed by atoms with E-state index in [1.165, 1.54) is 10.4 Å². The highest BCUT2D eigenvalue weighted by Gasteiger charge is 2.26. The number of fused-ring (bicyclic) bond motifs is 3. The van der Waals surface area contributed by atoms with Crippen LogP contribution in [-0.2, 0) is 28.9 Å². The third-order valence-electron chi connectivity index (χ3n) is 5.67. The van der Waals surface area contributed by atoms with Crippen LogP contribution in [0.15, 0.2) is 36.7 Å². The van der Waals surface area contributed by atoms with Gasteiger partial charge in [-0.05, 0) is 36.3 Å². The normalized spacial score (nSPS) is 16.5. The van der Waals surface area contributed by atoms with Crippen LogP contribution >= 0.6 is 11.3 Å². The van der Waals surface area contributed by atoms with Crippen molar-refractivity contribution < 1.29 is 9.59 Å². The summed E-state index contributed by atoms with van der Waals surface area (Å²) in [5, 5.41) is 7.24. The van der Waals surface area contributed by atoms with Gasteiger partial charge in [0, 0.05) is 24.3 Å². The smallest absolute Gasteiger partial charge is 0.242 e. The number of nitrogens with one attached hydrogen (secondary N) is 2. The van der Waals surface area contributed by atoms with Crippen molar-refractivity contribution in [1.82, 2.24) is 15.3 Å². The van der Waals surface area contributed by atoms with Crippen LogP contribution < -0.4 is 16.4 Å². The number of rotatable bonds is 8. The van der Waals surface area contributed by atoms with Gasteiger partial charge < -0.3 is 16.4 Å². The van der Waals surface area contributed by atoms with Crippen LogP contribution in [0.25, 0.3) is 10.2 Å². The zero-order valence-corrected chi connectivity index (χ0v) is 18.4. The maximum Gasteiger partial charge on any atom is 0.242 e. The number of amides is 2. The molecule has 0 fully saturated rings. The molecule has 0 bridgehead atoms. The fourth-order valence-corrected chi connectivity index (χ4v) is 5.39. The molecule has 1 aliphatic carbocycles. The summed E-state index contributed by atoms with van der Waals surface area (Å²) in [6.45, 7) is 2.50. The number of thiophene rings is 1. The molecule has 7 nitrogen and oxygen atoms in total. The summed E-state index contributed by atoms with van der Waals surface area (Å²) in [6.07, 6.45) is 5.38. The number of aromatic nitrogens is 2.